The minimum Gasteiger partial charge on any atom is -0.326 e. The molecule has 1 aromatic heterocycles. The first-order valence-electron chi connectivity index (χ1n) is 9.08. The second-order valence-electron chi connectivity index (χ2n) is 6.18. The van der Waals surface area contributed by atoms with Crippen LogP contribution >= 0.6 is 18.9 Å². The molecule has 0 radical (unpaired) electrons. The molecule has 0 atom stereocenters. The van der Waals surface area contributed by atoms with Crippen LogP contribution < -0.4 is 5.32 Å². The average Bonchev–Trinajstić information content (AvgIpc) is 3.05. The lowest BCUT2D eigenvalue weighted by Gasteiger charge is -2.17. The molecule has 28 heavy (non-hydrogen) atoms. The SMILES string of the molecule is CCOP(=O)(Cc1ccc(-c2nc3ccc(NC(C)=O)cc3s2)cc1)OCC. The molecule has 0 unspecified atom stereocenters. The van der Waals surface area contributed by atoms with Gasteiger partial charge in [0.25, 0.3) is 0 Å². The van der Waals surface area contributed by atoms with Gasteiger partial charge in [0.05, 0.1) is 29.6 Å². The second-order valence-corrected chi connectivity index (χ2v) is 9.27. The number of hydrogen-bond acceptors (Lipinski definition) is 6. The molecule has 0 aliphatic carbocycles. The summed E-state index contributed by atoms with van der Waals surface area (Å²) < 4.78 is 24.4. The van der Waals surface area contributed by atoms with Gasteiger partial charge in [-0.25, -0.2) is 4.98 Å². The summed E-state index contributed by atoms with van der Waals surface area (Å²) >= 11 is 1.56. The van der Waals surface area contributed by atoms with E-state index in [0.717, 1.165) is 32.0 Å². The van der Waals surface area contributed by atoms with Gasteiger partial charge in [0.1, 0.15) is 5.01 Å². The Morgan fingerprint density at radius 2 is 1.79 bits per heavy atom. The van der Waals surface area contributed by atoms with Crippen molar-refractivity contribution >= 4 is 40.7 Å². The van der Waals surface area contributed by atoms with Crippen molar-refractivity contribution in [3.05, 3.63) is 48.0 Å². The van der Waals surface area contributed by atoms with Crippen molar-refractivity contribution in [1.82, 2.24) is 4.98 Å². The molecule has 0 fully saturated rings. The van der Waals surface area contributed by atoms with Crippen LogP contribution in [0, 0.1) is 0 Å². The Bertz CT molecular complexity index is 1010. The molecule has 1 N–H and O–H groups in total. The van der Waals surface area contributed by atoms with E-state index < -0.39 is 7.60 Å². The van der Waals surface area contributed by atoms with Gasteiger partial charge in [0.2, 0.25) is 5.91 Å². The minimum atomic E-state index is -3.12. The molecule has 0 spiro atoms. The molecule has 148 valence electrons. The summed E-state index contributed by atoms with van der Waals surface area (Å²) in [4.78, 5) is 15.9. The van der Waals surface area contributed by atoms with Crippen LogP contribution in [0.3, 0.4) is 0 Å². The highest BCUT2D eigenvalue weighted by molar-refractivity contribution is 7.53. The number of nitrogens with zero attached hydrogens (tertiary/aromatic N) is 1. The molecular weight excluding hydrogens is 395 g/mol. The zero-order valence-corrected chi connectivity index (χ0v) is 17.8. The third-order valence-electron chi connectivity index (χ3n) is 3.94. The summed E-state index contributed by atoms with van der Waals surface area (Å²) in [6.07, 6.45) is 0.245. The zero-order chi connectivity index (χ0) is 20.1. The molecule has 1 heterocycles. The monoisotopic (exact) mass is 418 g/mol. The largest absolute Gasteiger partial charge is 0.335 e. The predicted molar refractivity (Wildman–Crippen MR) is 114 cm³/mol. The number of fused-ring (bicyclic) bond motifs is 1. The number of benzene rings is 2. The molecular formula is C20H23N2O4PS. The molecule has 8 heteroatoms. The van der Waals surface area contributed by atoms with Gasteiger partial charge in [-0.2, -0.15) is 0 Å². The van der Waals surface area contributed by atoms with Gasteiger partial charge < -0.3 is 14.4 Å². The highest BCUT2D eigenvalue weighted by atomic mass is 32.1. The maximum atomic E-state index is 12.7. The zero-order valence-electron chi connectivity index (χ0n) is 16.1. The Kier molecular flexibility index (Phi) is 6.62. The average molecular weight is 418 g/mol. The van der Waals surface area contributed by atoms with E-state index in [1.807, 2.05) is 42.5 Å². The van der Waals surface area contributed by atoms with Crippen LogP contribution in [-0.4, -0.2) is 24.1 Å². The highest BCUT2D eigenvalue weighted by Crippen LogP contribution is 2.51. The van der Waals surface area contributed by atoms with Crippen LogP contribution in [-0.2, 0) is 24.6 Å². The van der Waals surface area contributed by atoms with Crippen LogP contribution in [0.2, 0.25) is 0 Å². The van der Waals surface area contributed by atoms with Crippen molar-refractivity contribution in [2.45, 2.75) is 26.9 Å². The van der Waals surface area contributed by atoms with Crippen molar-refractivity contribution < 1.29 is 18.4 Å². The van der Waals surface area contributed by atoms with Crippen LogP contribution in [0.5, 0.6) is 0 Å². The van der Waals surface area contributed by atoms with Crippen molar-refractivity contribution in [1.29, 1.82) is 0 Å². The number of rotatable bonds is 8. The van der Waals surface area contributed by atoms with Gasteiger partial charge in [0, 0.05) is 18.2 Å². The first kappa shape index (κ1) is 20.7. The number of thiazole rings is 1. The normalized spacial score (nSPS) is 11.7. The van der Waals surface area contributed by atoms with E-state index in [4.69, 9.17) is 9.05 Å². The third-order valence-corrected chi connectivity index (χ3v) is 7.06. The van der Waals surface area contributed by atoms with Gasteiger partial charge in [-0.3, -0.25) is 9.36 Å². The maximum absolute atomic E-state index is 12.7. The Morgan fingerprint density at radius 3 is 2.39 bits per heavy atom. The van der Waals surface area contributed by atoms with Gasteiger partial charge >= 0.3 is 7.60 Å². The van der Waals surface area contributed by atoms with E-state index in [9.17, 15) is 9.36 Å². The Hall–Kier alpha value is -2.05. The van der Waals surface area contributed by atoms with E-state index in [1.54, 1.807) is 25.2 Å². The summed E-state index contributed by atoms with van der Waals surface area (Å²) in [5, 5.41) is 3.67. The van der Waals surface area contributed by atoms with Gasteiger partial charge in [-0.1, -0.05) is 24.3 Å². The molecule has 0 aliphatic rings. The van der Waals surface area contributed by atoms with Crippen LogP contribution in [0.1, 0.15) is 26.3 Å². The molecule has 3 rings (SSSR count). The van der Waals surface area contributed by atoms with Gasteiger partial charge in [-0.05, 0) is 37.6 Å². The van der Waals surface area contributed by atoms with E-state index in [1.165, 1.54) is 6.92 Å². The molecule has 1 amide bonds. The molecule has 0 bridgehead atoms. The van der Waals surface area contributed by atoms with Gasteiger partial charge in [0.15, 0.2) is 0 Å². The molecule has 0 saturated heterocycles. The lowest BCUT2D eigenvalue weighted by atomic mass is 10.2. The van der Waals surface area contributed by atoms with Gasteiger partial charge in [-0.15, -0.1) is 11.3 Å². The van der Waals surface area contributed by atoms with Crippen molar-refractivity contribution in [3.8, 4) is 10.6 Å². The topological polar surface area (TPSA) is 77.5 Å². The first-order valence-corrected chi connectivity index (χ1v) is 11.6. The van der Waals surface area contributed by atoms with Crippen molar-refractivity contribution in [3.63, 3.8) is 0 Å². The van der Waals surface area contributed by atoms with Crippen molar-refractivity contribution in [2.75, 3.05) is 18.5 Å². The minimum absolute atomic E-state index is 0.101. The standard InChI is InChI=1S/C20H23N2O4PS/c1-4-25-27(24,26-5-2)13-15-6-8-16(9-7-15)20-22-18-11-10-17(21-14(3)23)12-19(18)28-20/h6-12H,4-5,13H2,1-3H3,(H,21,23). The number of nitrogens with one attached hydrogen (secondary N) is 1. The number of carbonyl (C=O) groups is 1. The van der Waals surface area contributed by atoms with Crippen LogP contribution in [0.15, 0.2) is 42.5 Å². The molecule has 2 aromatic carbocycles. The van der Waals surface area contributed by atoms with Crippen LogP contribution in [0.4, 0.5) is 5.69 Å². The molecule has 6 nitrogen and oxygen atoms in total. The fourth-order valence-corrected chi connectivity index (χ4v) is 5.54. The molecule has 0 aliphatic heterocycles. The molecule has 3 aromatic rings. The lowest BCUT2D eigenvalue weighted by Crippen LogP contribution is -2.05. The summed E-state index contributed by atoms with van der Waals surface area (Å²) in [5.74, 6) is -0.101. The molecule has 0 saturated carbocycles. The maximum Gasteiger partial charge on any atom is 0.335 e. The summed E-state index contributed by atoms with van der Waals surface area (Å²) in [6.45, 7) is 5.79. The number of amides is 1. The van der Waals surface area contributed by atoms with Crippen LogP contribution in [0.25, 0.3) is 20.8 Å². The highest BCUT2D eigenvalue weighted by Gasteiger charge is 2.24. The van der Waals surface area contributed by atoms with E-state index >= 15 is 0 Å². The lowest BCUT2D eigenvalue weighted by molar-refractivity contribution is -0.114. The van der Waals surface area contributed by atoms with E-state index in [2.05, 4.69) is 10.3 Å². The number of carbonyl (C=O) groups excluding carboxylic acids is 1. The Balaban J connectivity index is 1.81. The van der Waals surface area contributed by atoms with Crippen molar-refractivity contribution in [2.24, 2.45) is 0 Å². The van der Waals surface area contributed by atoms with E-state index in [-0.39, 0.29) is 12.1 Å². The summed E-state index contributed by atoms with van der Waals surface area (Å²) in [6, 6.07) is 13.4. The smallest absolute Gasteiger partial charge is 0.326 e. The number of hydrogen-bond donors (Lipinski definition) is 1. The number of anilines is 1. The quantitative estimate of drug-likeness (QED) is 0.476. The summed E-state index contributed by atoms with van der Waals surface area (Å²) in [5.41, 5.74) is 3.51. The summed E-state index contributed by atoms with van der Waals surface area (Å²) in [7, 11) is -3.12. The Morgan fingerprint density at radius 1 is 1.11 bits per heavy atom. The first-order chi connectivity index (χ1) is 13.4. The third kappa shape index (κ3) is 5.06. The fourth-order valence-electron chi connectivity index (χ4n) is 2.83. The fraction of sp³-hybridized carbons (Fsp3) is 0.300. The predicted octanol–water partition coefficient (Wildman–Crippen LogP) is 5.69. The Labute approximate surface area is 168 Å². The van der Waals surface area contributed by atoms with E-state index in [0.29, 0.717) is 13.2 Å². The number of aromatic nitrogens is 1. The second kappa shape index (κ2) is 8.97.